The molecule has 0 saturated heterocycles. The summed E-state index contributed by atoms with van der Waals surface area (Å²) < 4.78 is 10.5. The topological polar surface area (TPSA) is 107 Å². The molecule has 1 heterocycles. The molecule has 0 aliphatic carbocycles. The molecule has 0 unspecified atom stereocenters. The molecule has 0 fully saturated rings. The van der Waals surface area contributed by atoms with Crippen molar-refractivity contribution < 1.29 is 18.8 Å². The Morgan fingerprint density at radius 1 is 1.43 bits per heavy atom. The molecule has 1 atom stereocenters. The monoisotopic (exact) mass is 337 g/mol. The van der Waals surface area contributed by atoms with E-state index in [1.807, 2.05) is 0 Å². The van der Waals surface area contributed by atoms with E-state index in [0.29, 0.717) is 23.0 Å². The first kappa shape index (κ1) is 16.8. The maximum Gasteiger partial charge on any atom is 0.266 e. The quantitative estimate of drug-likeness (QED) is 0.842. The van der Waals surface area contributed by atoms with Crippen molar-refractivity contribution in [3.8, 4) is 5.75 Å². The zero-order valence-electron chi connectivity index (χ0n) is 12.6. The van der Waals surface area contributed by atoms with Gasteiger partial charge in [0.05, 0.1) is 5.56 Å². The second-order valence-corrected chi connectivity index (χ2v) is 5.27. The number of rotatable bonds is 6. The van der Waals surface area contributed by atoms with Crippen LogP contribution in [0.5, 0.6) is 5.75 Å². The predicted molar refractivity (Wildman–Crippen MR) is 84.5 cm³/mol. The summed E-state index contributed by atoms with van der Waals surface area (Å²) in [5.74, 6) is -0.0416. The maximum atomic E-state index is 12.2. The summed E-state index contributed by atoms with van der Waals surface area (Å²) in [6.07, 6.45) is -0.449. The zero-order valence-corrected chi connectivity index (χ0v) is 13.4. The number of halogens is 1. The lowest BCUT2D eigenvalue weighted by Gasteiger charge is -2.18. The third-order valence-electron chi connectivity index (χ3n) is 3.02. The Labute approximate surface area is 137 Å². The van der Waals surface area contributed by atoms with Crippen molar-refractivity contribution in [1.82, 2.24) is 5.16 Å². The second kappa shape index (κ2) is 7.15. The molecule has 8 heteroatoms. The number of nitrogens with zero attached hydrogens (tertiary/aromatic N) is 1. The third kappa shape index (κ3) is 4.23. The fourth-order valence-electron chi connectivity index (χ4n) is 1.91. The van der Waals surface area contributed by atoms with E-state index in [1.54, 1.807) is 26.0 Å². The van der Waals surface area contributed by atoms with Gasteiger partial charge >= 0.3 is 0 Å². The zero-order chi connectivity index (χ0) is 17.0. The lowest BCUT2D eigenvalue weighted by atomic mass is 10.2. The Bertz CT molecular complexity index is 729. The van der Waals surface area contributed by atoms with Crippen molar-refractivity contribution in [3.63, 3.8) is 0 Å². The highest BCUT2D eigenvalue weighted by atomic mass is 35.5. The Balaban J connectivity index is 2.16. The van der Waals surface area contributed by atoms with Crippen LogP contribution in [0.15, 0.2) is 28.8 Å². The van der Waals surface area contributed by atoms with Crippen LogP contribution in [-0.4, -0.2) is 23.1 Å². The molecule has 2 aromatic rings. The van der Waals surface area contributed by atoms with Crippen LogP contribution in [0.2, 0.25) is 5.02 Å². The predicted octanol–water partition coefficient (Wildman–Crippen LogP) is 2.53. The number of nitrogens with one attached hydrogen (secondary N) is 1. The number of nitrogens with two attached hydrogens (primary N) is 1. The van der Waals surface area contributed by atoms with Gasteiger partial charge in [0.15, 0.2) is 11.9 Å². The highest BCUT2D eigenvalue weighted by molar-refractivity contribution is 6.31. The average molecular weight is 338 g/mol. The van der Waals surface area contributed by atoms with Gasteiger partial charge in [-0.3, -0.25) is 9.59 Å². The van der Waals surface area contributed by atoms with E-state index in [-0.39, 0.29) is 11.3 Å². The molecule has 2 amide bonds. The van der Waals surface area contributed by atoms with Gasteiger partial charge in [0, 0.05) is 11.1 Å². The summed E-state index contributed by atoms with van der Waals surface area (Å²) >= 11 is 5.84. The second-order valence-electron chi connectivity index (χ2n) is 4.83. The molecular formula is C15H16ClN3O4. The van der Waals surface area contributed by atoms with Gasteiger partial charge in [0.25, 0.3) is 11.8 Å². The maximum absolute atomic E-state index is 12.2. The molecule has 1 aromatic heterocycles. The first-order valence-corrected chi connectivity index (χ1v) is 7.28. The highest BCUT2D eigenvalue weighted by Crippen LogP contribution is 2.24. The molecule has 1 aromatic carbocycles. The minimum Gasteiger partial charge on any atom is -0.480 e. The fraction of sp³-hybridized carbons (Fsp3) is 0.267. The Hall–Kier alpha value is -2.54. The largest absolute Gasteiger partial charge is 0.480 e. The molecule has 7 nitrogen and oxygen atoms in total. The van der Waals surface area contributed by atoms with Crippen LogP contribution in [0.25, 0.3) is 0 Å². The molecular weight excluding hydrogens is 322 g/mol. The summed E-state index contributed by atoms with van der Waals surface area (Å²) in [6.45, 7) is 3.49. The van der Waals surface area contributed by atoms with Crippen molar-refractivity contribution in [2.75, 3.05) is 5.32 Å². The van der Waals surface area contributed by atoms with Gasteiger partial charge in [-0.2, -0.15) is 0 Å². The van der Waals surface area contributed by atoms with Gasteiger partial charge < -0.3 is 20.3 Å². The van der Waals surface area contributed by atoms with Crippen molar-refractivity contribution in [1.29, 1.82) is 0 Å². The summed E-state index contributed by atoms with van der Waals surface area (Å²) in [5, 5.41) is 6.61. The number of anilines is 1. The van der Waals surface area contributed by atoms with Crippen LogP contribution in [0.3, 0.4) is 0 Å². The minimum absolute atomic E-state index is 0.112. The number of hydrogen-bond donors (Lipinski definition) is 2. The minimum atomic E-state index is -0.828. The van der Waals surface area contributed by atoms with Gasteiger partial charge in [0.2, 0.25) is 0 Å². The molecule has 2 rings (SSSR count). The number of benzene rings is 1. The van der Waals surface area contributed by atoms with Crippen molar-refractivity contribution >= 4 is 29.2 Å². The average Bonchev–Trinajstić information content (AvgIpc) is 2.90. The van der Waals surface area contributed by atoms with E-state index in [4.69, 9.17) is 26.6 Å². The first-order valence-electron chi connectivity index (χ1n) is 6.91. The van der Waals surface area contributed by atoms with Crippen molar-refractivity contribution in [3.05, 3.63) is 40.6 Å². The van der Waals surface area contributed by atoms with Crippen molar-refractivity contribution in [2.45, 2.75) is 26.4 Å². The Morgan fingerprint density at radius 2 is 2.17 bits per heavy atom. The Morgan fingerprint density at radius 3 is 2.74 bits per heavy atom. The number of aryl methyl sites for hydroxylation is 1. The van der Waals surface area contributed by atoms with Gasteiger partial charge in [-0.15, -0.1) is 0 Å². The molecule has 0 spiro atoms. The lowest BCUT2D eigenvalue weighted by molar-refractivity contribution is -0.122. The van der Waals surface area contributed by atoms with E-state index in [1.165, 1.54) is 12.1 Å². The van der Waals surface area contributed by atoms with E-state index in [9.17, 15) is 9.59 Å². The third-order valence-corrected chi connectivity index (χ3v) is 3.25. The van der Waals surface area contributed by atoms with Gasteiger partial charge in [-0.1, -0.05) is 23.7 Å². The molecule has 0 aliphatic rings. The summed E-state index contributed by atoms with van der Waals surface area (Å²) in [6, 6.07) is 6.03. The summed E-state index contributed by atoms with van der Waals surface area (Å²) in [4.78, 5) is 23.7. The van der Waals surface area contributed by atoms with E-state index in [2.05, 4.69) is 10.5 Å². The number of ether oxygens (including phenoxy) is 1. The number of carbonyl (C=O) groups excluding carboxylic acids is 2. The van der Waals surface area contributed by atoms with Gasteiger partial charge in [-0.05, 0) is 31.5 Å². The fourth-order valence-corrected chi connectivity index (χ4v) is 2.08. The summed E-state index contributed by atoms with van der Waals surface area (Å²) in [7, 11) is 0. The first-order chi connectivity index (χ1) is 10.9. The van der Waals surface area contributed by atoms with E-state index >= 15 is 0 Å². The lowest BCUT2D eigenvalue weighted by Crippen LogP contribution is -2.33. The van der Waals surface area contributed by atoms with Crippen LogP contribution in [0.1, 0.15) is 29.5 Å². The van der Waals surface area contributed by atoms with E-state index < -0.39 is 17.9 Å². The van der Waals surface area contributed by atoms with Gasteiger partial charge in [0.1, 0.15) is 11.5 Å². The summed E-state index contributed by atoms with van der Waals surface area (Å²) in [5.41, 5.74) is 5.41. The highest BCUT2D eigenvalue weighted by Gasteiger charge is 2.22. The number of hydrogen-bond acceptors (Lipinski definition) is 5. The Kier molecular flexibility index (Phi) is 5.23. The van der Waals surface area contributed by atoms with Crippen LogP contribution in [0, 0.1) is 6.92 Å². The van der Waals surface area contributed by atoms with Gasteiger partial charge in [-0.25, -0.2) is 0 Å². The number of amides is 2. The SMILES string of the molecule is CC[C@H](Oc1ccc(Cl)cc1C(N)=O)C(=O)Nc1cc(C)on1. The number of carbonyl (C=O) groups is 2. The van der Waals surface area contributed by atoms with Crippen LogP contribution < -0.4 is 15.8 Å². The molecule has 122 valence electrons. The standard InChI is InChI=1S/C15H16ClN3O4/c1-3-11(15(21)18-13-6-8(2)23-19-13)22-12-5-4-9(16)7-10(12)14(17)20/h4-7,11H,3H2,1-2H3,(H2,17,20)(H,18,19,21)/t11-/m0/s1. The van der Waals surface area contributed by atoms with Crippen LogP contribution in [0.4, 0.5) is 5.82 Å². The van der Waals surface area contributed by atoms with Crippen molar-refractivity contribution in [2.24, 2.45) is 5.73 Å². The smallest absolute Gasteiger partial charge is 0.266 e. The molecule has 23 heavy (non-hydrogen) atoms. The molecule has 0 radical (unpaired) electrons. The van der Waals surface area contributed by atoms with Crippen LogP contribution in [-0.2, 0) is 4.79 Å². The molecule has 0 saturated carbocycles. The molecule has 0 aliphatic heterocycles. The molecule has 3 N–H and O–H groups in total. The van der Waals surface area contributed by atoms with Crippen LogP contribution >= 0.6 is 11.6 Å². The van der Waals surface area contributed by atoms with E-state index in [0.717, 1.165) is 0 Å². The normalized spacial score (nSPS) is 11.8. The molecule has 0 bridgehead atoms. The number of primary amides is 1. The number of aromatic nitrogens is 1.